The SMILES string of the molecule is COC1=C(C)C(=O)C(C)(C)CC1. The second-order valence-corrected chi connectivity index (χ2v) is 3.97. The van der Waals surface area contributed by atoms with E-state index in [1.165, 1.54) is 0 Å². The Balaban J connectivity index is 2.98. The minimum atomic E-state index is -0.188. The van der Waals surface area contributed by atoms with E-state index in [2.05, 4.69) is 0 Å². The van der Waals surface area contributed by atoms with Crippen LogP contribution in [-0.2, 0) is 9.53 Å². The van der Waals surface area contributed by atoms with E-state index < -0.39 is 0 Å². The lowest BCUT2D eigenvalue weighted by atomic mass is 9.76. The van der Waals surface area contributed by atoms with Gasteiger partial charge in [0.15, 0.2) is 5.78 Å². The number of methoxy groups -OCH3 is 1. The Bertz CT molecular complexity index is 236. The van der Waals surface area contributed by atoms with Gasteiger partial charge in [-0.1, -0.05) is 13.8 Å². The second-order valence-electron chi connectivity index (χ2n) is 3.97. The maximum Gasteiger partial charge on any atom is 0.167 e. The third-order valence-electron chi connectivity index (χ3n) is 2.60. The summed E-state index contributed by atoms with van der Waals surface area (Å²) in [4.78, 5) is 11.7. The van der Waals surface area contributed by atoms with Gasteiger partial charge < -0.3 is 4.74 Å². The van der Waals surface area contributed by atoms with Gasteiger partial charge in [-0.15, -0.1) is 0 Å². The number of rotatable bonds is 1. The molecule has 0 saturated carbocycles. The van der Waals surface area contributed by atoms with Crippen LogP contribution in [0.1, 0.15) is 33.6 Å². The van der Waals surface area contributed by atoms with Gasteiger partial charge in [0, 0.05) is 17.4 Å². The first-order valence-electron chi connectivity index (χ1n) is 4.27. The van der Waals surface area contributed by atoms with Crippen LogP contribution in [0.4, 0.5) is 0 Å². The van der Waals surface area contributed by atoms with E-state index in [0.717, 1.165) is 24.2 Å². The molecule has 0 spiro atoms. The lowest BCUT2D eigenvalue weighted by molar-refractivity contribution is -0.124. The van der Waals surface area contributed by atoms with Crippen molar-refractivity contribution in [1.82, 2.24) is 0 Å². The third-order valence-corrected chi connectivity index (χ3v) is 2.60. The molecule has 0 fully saturated rings. The Morgan fingerprint density at radius 3 is 2.50 bits per heavy atom. The van der Waals surface area contributed by atoms with Gasteiger partial charge in [0.2, 0.25) is 0 Å². The van der Waals surface area contributed by atoms with Crippen molar-refractivity contribution in [3.8, 4) is 0 Å². The second kappa shape index (κ2) is 2.92. The highest BCUT2D eigenvalue weighted by Crippen LogP contribution is 2.35. The molecule has 68 valence electrons. The molecule has 0 aromatic rings. The molecule has 0 heterocycles. The normalized spacial score (nSPS) is 22.8. The van der Waals surface area contributed by atoms with E-state index in [-0.39, 0.29) is 11.2 Å². The molecule has 0 amide bonds. The molecule has 0 aromatic carbocycles. The van der Waals surface area contributed by atoms with Crippen LogP contribution < -0.4 is 0 Å². The standard InChI is InChI=1S/C10H16O2/c1-7-8(12-4)5-6-10(2,3)9(7)11/h5-6H2,1-4H3. The van der Waals surface area contributed by atoms with E-state index in [4.69, 9.17) is 4.74 Å². The Hall–Kier alpha value is -0.790. The predicted molar refractivity (Wildman–Crippen MR) is 47.7 cm³/mol. The van der Waals surface area contributed by atoms with Gasteiger partial charge in [-0.2, -0.15) is 0 Å². The van der Waals surface area contributed by atoms with Crippen LogP contribution >= 0.6 is 0 Å². The fourth-order valence-corrected chi connectivity index (χ4v) is 1.62. The van der Waals surface area contributed by atoms with Gasteiger partial charge in [0.05, 0.1) is 7.11 Å². The van der Waals surface area contributed by atoms with Crippen LogP contribution in [0.25, 0.3) is 0 Å². The average molecular weight is 168 g/mol. The van der Waals surface area contributed by atoms with E-state index in [1.807, 2.05) is 20.8 Å². The lowest BCUT2D eigenvalue weighted by Crippen LogP contribution is -2.29. The van der Waals surface area contributed by atoms with Crippen molar-refractivity contribution in [2.75, 3.05) is 7.11 Å². The number of carbonyl (C=O) groups excluding carboxylic acids is 1. The molecule has 1 aliphatic carbocycles. The molecular weight excluding hydrogens is 152 g/mol. The predicted octanol–water partition coefficient (Wildman–Crippen LogP) is 2.30. The van der Waals surface area contributed by atoms with Crippen LogP contribution in [0.5, 0.6) is 0 Å². The summed E-state index contributed by atoms with van der Waals surface area (Å²) in [5.74, 6) is 1.09. The number of allylic oxidation sites excluding steroid dienone is 2. The smallest absolute Gasteiger partial charge is 0.167 e. The number of Topliss-reactive ketones (excluding diaryl/α,β-unsaturated/α-hetero) is 1. The number of ether oxygens (including phenoxy) is 1. The summed E-state index contributed by atoms with van der Waals surface area (Å²) in [7, 11) is 1.63. The Kier molecular flexibility index (Phi) is 2.27. The zero-order chi connectivity index (χ0) is 9.35. The summed E-state index contributed by atoms with van der Waals surface area (Å²) in [5, 5.41) is 0. The Labute approximate surface area is 73.6 Å². The van der Waals surface area contributed by atoms with Crippen LogP contribution in [0, 0.1) is 5.41 Å². The summed E-state index contributed by atoms with van der Waals surface area (Å²) in [5.41, 5.74) is 0.611. The number of ketones is 1. The number of hydrogen-bond acceptors (Lipinski definition) is 2. The molecule has 1 aliphatic rings. The van der Waals surface area contributed by atoms with Gasteiger partial charge in [0.1, 0.15) is 5.76 Å². The van der Waals surface area contributed by atoms with Crippen molar-refractivity contribution in [3.63, 3.8) is 0 Å². The zero-order valence-corrected chi connectivity index (χ0v) is 8.23. The molecular formula is C10H16O2. The third kappa shape index (κ3) is 1.38. The van der Waals surface area contributed by atoms with Crippen molar-refractivity contribution < 1.29 is 9.53 Å². The zero-order valence-electron chi connectivity index (χ0n) is 8.23. The maximum absolute atomic E-state index is 11.7. The minimum Gasteiger partial charge on any atom is -0.501 e. The van der Waals surface area contributed by atoms with Crippen molar-refractivity contribution in [1.29, 1.82) is 0 Å². The fourth-order valence-electron chi connectivity index (χ4n) is 1.62. The molecule has 0 aliphatic heterocycles. The summed E-state index contributed by atoms with van der Waals surface area (Å²) in [6.07, 6.45) is 1.79. The molecule has 0 unspecified atom stereocenters. The van der Waals surface area contributed by atoms with Gasteiger partial charge >= 0.3 is 0 Å². The molecule has 12 heavy (non-hydrogen) atoms. The van der Waals surface area contributed by atoms with Crippen molar-refractivity contribution in [2.45, 2.75) is 33.6 Å². The Morgan fingerprint density at radius 1 is 1.42 bits per heavy atom. The highest BCUT2D eigenvalue weighted by molar-refractivity contribution is 6.00. The quantitative estimate of drug-likeness (QED) is 0.600. The van der Waals surface area contributed by atoms with Crippen LogP contribution in [0.3, 0.4) is 0 Å². The molecule has 1 rings (SSSR count). The highest BCUT2D eigenvalue weighted by Gasteiger charge is 2.34. The fraction of sp³-hybridized carbons (Fsp3) is 0.700. The monoisotopic (exact) mass is 168 g/mol. The van der Waals surface area contributed by atoms with E-state index in [9.17, 15) is 4.79 Å². The first-order chi connectivity index (χ1) is 5.49. The minimum absolute atomic E-state index is 0.188. The molecule has 0 saturated heterocycles. The van der Waals surface area contributed by atoms with Gasteiger partial charge in [-0.3, -0.25) is 4.79 Å². The van der Waals surface area contributed by atoms with Crippen molar-refractivity contribution in [2.24, 2.45) is 5.41 Å². The number of carbonyl (C=O) groups is 1. The topological polar surface area (TPSA) is 26.3 Å². The molecule has 0 aromatic heterocycles. The molecule has 0 N–H and O–H groups in total. The van der Waals surface area contributed by atoms with E-state index in [0.29, 0.717) is 0 Å². The molecule has 0 atom stereocenters. The maximum atomic E-state index is 11.7. The van der Waals surface area contributed by atoms with Crippen LogP contribution in [0.2, 0.25) is 0 Å². The summed E-state index contributed by atoms with van der Waals surface area (Å²) < 4.78 is 5.13. The van der Waals surface area contributed by atoms with E-state index >= 15 is 0 Å². The summed E-state index contributed by atoms with van der Waals surface area (Å²) in [6.45, 7) is 5.83. The van der Waals surface area contributed by atoms with Gasteiger partial charge in [0.25, 0.3) is 0 Å². The first kappa shape index (κ1) is 9.30. The van der Waals surface area contributed by atoms with Crippen LogP contribution in [0.15, 0.2) is 11.3 Å². The van der Waals surface area contributed by atoms with Crippen LogP contribution in [-0.4, -0.2) is 12.9 Å². The van der Waals surface area contributed by atoms with Crippen molar-refractivity contribution >= 4 is 5.78 Å². The summed E-state index contributed by atoms with van der Waals surface area (Å²) >= 11 is 0. The van der Waals surface area contributed by atoms with E-state index in [1.54, 1.807) is 7.11 Å². The molecule has 2 heteroatoms. The average Bonchev–Trinajstić information content (AvgIpc) is 2.01. The first-order valence-corrected chi connectivity index (χ1v) is 4.27. The molecule has 0 radical (unpaired) electrons. The summed E-state index contributed by atoms with van der Waals surface area (Å²) in [6, 6.07) is 0. The number of hydrogen-bond donors (Lipinski definition) is 0. The van der Waals surface area contributed by atoms with Gasteiger partial charge in [-0.25, -0.2) is 0 Å². The largest absolute Gasteiger partial charge is 0.501 e. The molecule has 2 nitrogen and oxygen atoms in total. The highest BCUT2D eigenvalue weighted by atomic mass is 16.5. The molecule has 0 bridgehead atoms. The lowest BCUT2D eigenvalue weighted by Gasteiger charge is -2.29. The van der Waals surface area contributed by atoms with Gasteiger partial charge in [-0.05, 0) is 13.3 Å². The Morgan fingerprint density at radius 2 is 2.00 bits per heavy atom. The van der Waals surface area contributed by atoms with Crippen molar-refractivity contribution in [3.05, 3.63) is 11.3 Å².